The van der Waals surface area contributed by atoms with E-state index in [0.29, 0.717) is 23.0 Å². The van der Waals surface area contributed by atoms with Crippen LogP contribution in [0.2, 0.25) is 0 Å². The molecule has 0 aliphatic heterocycles. The fourth-order valence-corrected chi connectivity index (χ4v) is 3.67. The SMILES string of the molecule is Cc1cc(C)cc(NC(=O)c2cn(-c3ccc(-c4noc(C5CC5)n4)cc3)nc2C)c1. The third kappa shape index (κ3) is 3.99. The summed E-state index contributed by atoms with van der Waals surface area (Å²) in [6.45, 7) is 5.86. The number of hydrogen-bond donors (Lipinski definition) is 1. The van der Waals surface area contributed by atoms with Crippen molar-refractivity contribution in [1.82, 2.24) is 19.9 Å². The number of aryl methyl sites for hydroxylation is 3. The fourth-order valence-electron chi connectivity index (χ4n) is 3.67. The predicted molar refractivity (Wildman–Crippen MR) is 117 cm³/mol. The van der Waals surface area contributed by atoms with E-state index in [2.05, 4.69) is 26.6 Å². The highest BCUT2D eigenvalue weighted by molar-refractivity contribution is 6.05. The van der Waals surface area contributed by atoms with Gasteiger partial charge in [0.1, 0.15) is 0 Å². The van der Waals surface area contributed by atoms with Crippen LogP contribution in [0.4, 0.5) is 5.69 Å². The maximum absolute atomic E-state index is 12.8. The van der Waals surface area contributed by atoms with Crippen LogP contribution in [0.3, 0.4) is 0 Å². The number of carbonyl (C=O) groups excluding carboxylic acids is 1. The van der Waals surface area contributed by atoms with Crippen molar-refractivity contribution in [3.05, 3.63) is 76.9 Å². The van der Waals surface area contributed by atoms with Crippen LogP contribution in [0.5, 0.6) is 0 Å². The van der Waals surface area contributed by atoms with Gasteiger partial charge in [-0.1, -0.05) is 11.2 Å². The third-order valence-electron chi connectivity index (χ3n) is 5.38. The molecular formula is C24H23N5O2. The molecule has 1 saturated carbocycles. The summed E-state index contributed by atoms with van der Waals surface area (Å²) in [5.41, 5.74) is 5.93. The summed E-state index contributed by atoms with van der Waals surface area (Å²) in [6.07, 6.45) is 4.00. The number of aromatic nitrogens is 4. The number of nitrogens with one attached hydrogen (secondary N) is 1. The molecule has 5 rings (SSSR count). The van der Waals surface area contributed by atoms with Crippen LogP contribution in [-0.4, -0.2) is 25.8 Å². The molecule has 0 atom stereocenters. The van der Waals surface area contributed by atoms with Crippen LogP contribution in [0, 0.1) is 20.8 Å². The van der Waals surface area contributed by atoms with E-state index >= 15 is 0 Å². The molecule has 0 spiro atoms. The van der Waals surface area contributed by atoms with Crippen molar-refractivity contribution >= 4 is 11.6 Å². The number of carbonyl (C=O) groups is 1. The van der Waals surface area contributed by atoms with Gasteiger partial charge in [0.2, 0.25) is 11.7 Å². The monoisotopic (exact) mass is 413 g/mol. The molecule has 2 heterocycles. The van der Waals surface area contributed by atoms with Crippen LogP contribution in [0.15, 0.2) is 53.2 Å². The highest BCUT2D eigenvalue weighted by Gasteiger charge is 2.29. The second-order valence-electron chi connectivity index (χ2n) is 8.18. The molecule has 1 amide bonds. The van der Waals surface area contributed by atoms with E-state index in [1.54, 1.807) is 10.9 Å². The highest BCUT2D eigenvalue weighted by Crippen LogP contribution is 2.39. The van der Waals surface area contributed by atoms with Gasteiger partial charge in [0.25, 0.3) is 5.91 Å². The zero-order valence-electron chi connectivity index (χ0n) is 17.7. The molecule has 1 aliphatic carbocycles. The van der Waals surface area contributed by atoms with E-state index in [9.17, 15) is 4.79 Å². The zero-order valence-corrected chi connectivity index (χ0v) is 17.7. The molecule has 31 heavy (non-hydrogen) atoms. The maximum Gasteiger partial charge on any atom is 0.259 e. The number of hydrogen-bond acceptors (Lipinski definition) is 5. The molecule has 0 radical (unpaired) electrons. The molecule has 1 aliphatic rings. The number of anilines is 1. The van der Waals surface area contributed by atoms with Crippen molar-refractivity contribution in [2.45, 2.75) is 39.5 Å². The first kappa shape index (κ1) is 19.2. The second-order valence-corrected chi connectivity index (χ2v) is 8.18. The standard InChI is InChI=1S/C24H23N5O2/c1-14-10-15(2)12-19(11-14)25-23(30)21-13-29(27-16(21)3)20-8-6-17(7-9-20)22-26-24(31-28-22)18-4-5-18/h6-13,18H,4-5H2,1-3H3,(H,25,30). The summed E-state index contributed by atoms with van der Waals surface area (Å²) < 4.78 is 7.05. The third-order valence-corrected chi connectivity index (χ3v) is 5.38. The van der Waals surface area contributed by atoms with E-state index in [0.717, 1.165) is 46.8 Å². The molecule has 156 valence electrons. The summed E-state index contributed by atoms with van der Waals surface area (Å²) in [7, 11) is 0. The van der Waals surface area contributed by atoms with Crippen molar-refractivity contribution < 1.29 is 9.32 Å². The summed E-state index contributed by atoms with van der Waals surface area (Å²) >= 11 is 0. The first-order valence-corrected chi connectivity index (χ1v) is 10.4. The minimum absolute atomic E-state index is 0.176. The number of benzene rings is 2. The van der Waals surface area contributed by atoms with Crippen molar-refractivity contribution in [2.24, 2.45) is 0 Å². The van der Waals surface area contributed by atoms with Gasteiger partial charge in [0.15, 0.2) is 0 Å². The smallest absolute Gasteiger partial charge is 0.259 e. The van der Waals surface area contributed by atoms with Gasteiger partial charge in [-0.15, -0.1) is 0 Å². The van der Waals surface area contributed by atoms with Crippen LogP contribution >= 0.6 is 0 Å². The first-order chi connectivity index (χ1) is 15.0. The number of amides is 1. The fraction of sp³-hybridized carbons (Fsp3) is 0.250. The van der Waals surface area contributed by atoms with Crippen LogP contribution in [0.1, 0.15) is 51.8 Å². The molecule has 0 saturated heterocycles. The lowest BCUT2D eigenvalue weighted by Crippen LogP contribution is -2.12. The van der Waals surface area contributed by atoms with Gasteiger partial charge < -0.3 is 9.84 Å². The van der Waals surface area contributed by atoms with Crippen molar-refractivity contribution in [3.8, 4) is 17.1 Å². The Balaban J connectivity index is 1.35. The zero-order chi connectivity index (χ0) is 21.5. The van der Waals surface area contributed by atoms with Crippen LogP contribution < -0.4 is 5.32 Å². The van der Waals surface area contributed by atoms with Crippen LogP contribution in [-0.2, 0) is 0 Å². The van der Waals surface area contributed by atoms with E-state index < -0.39 is 0 Å². The highest BCUT2D eigenvalue weighted by atomic mass is 16.5. The lowest BCUT2D eigenvalue weighted by molar-refractivity contribution is 0.102. The summed E-state index contributed by atoms with van der Waals surface area (Å²) in [6, 6.07) is 13.7. The minimum atomic E-state index is -0.176. The molecule has 2 aromatic carbocycles. The van der Waals surface area contributed by atoms with Crippen LogP contribution in [0.25, 0.3) is 17.1 Å². The van der Waals surface area contributed by atoms with Crippen molar-refractivity contribution in [1.29, 1.82) is 0 Å². The average Bonchev–Trinajstić information content (AvgIpc) is 3.32. The summed E-state index contributed by atoms with van der Waals surface area (Å²) in [4.78, 5) is 17.3. The molecule has 4 aromatic rings. The minimum Gasteiger partial charge on any atom is -0.339 e. The van der Waals surface area contributed by atoms with E-state index in [-0.39, 0.29) is 5.91 Å². The Morgan fingerprint density at radius 3 is 2.45 bits per heavy atom. The van der Waals surface area contributed by atoms with Gasteiger partial charge in [-0.3, -0.25) is 4.79 Å². The summed E-state index contributed by atoms with van der Waals surface area (Å²) in [5, 5.41) is 11.6. The van der Waals surface area contributed by atoms with Gasteiger partial charge in [-0.25, -0.2) is 4.68 Å². The lowest BCUT2D eigenvalue weighted by atomic mass is 10.1. The summed E-state index contributed by atoms with van der Waals surface area (Å²) in [5.74, 6) is 1.57. The quantitative estimate of drug-likeness (QED) is 0.499. The van der Waals surface area contributed by atoms with Gasteiger partial charge in [0.05, 0.1) is 16.9 Å². The Bertz CT molecular complexity index is 1250. The van der Waals surface area contributed by atoms with Crippen molar-refractivity contribution in [3.63, 3.8) is 0 Å². The molecule has 1 fully saturated rings. The van der Waals surface area contributed by atoms with E-state index in [1.807, 2.05) is 57.2 Å². The molecule has 0 bridgehead atoms. The average molecular weight is 413 g/mol. The van der Waals surface area contributed by atoms with Gasteiger partial charge in [-0.2, -0.15) is 10.1 Å². The van der Waals surface area contributed by atoms with Crippen molar-refractivity contribution in [2.75, 3.05) is 5.32 Å². The normalized spacial score (nSPS) is 13.4. The second kappa shape index (κ2) is 7.50. The topological polar surface area (TPSA) is 85.8 Å². The Kier molecular flexibility index (Phi) is 4.66. The molecule has 7 nitrogen and oxygen atoms in total. The molecular weight excluding hydrogens is 390 g/mol. The van der Waals surface area contributed by atoms with E-state index in [1.165, 1.54) is 0 Å². The molecule has 0 unspecified atom stereocenters. The van der Waals surface area contributed by atoms with Gasteiger partial charge in [-0.05, 0) is 81.1 Å². The molecule has 2 aromatic heterocycles. The predicted octanol–water partition coefficient (Wildman–Crippen LogP) is 4.98. The van der Waals surface area contributed by atoms with Gasteiger partial charge >= 0.3 is 0 Å². The number of nitrogens with zero attached hydrogens (tertiary/aromatic N) is 4. The number of rotatable bonds is 5. The van der Waals surface area contributed by atoms with E-state index in [4.69, 9.17) is 4.52 Å². The molecule has 7 heteroatoms. The first-order valence-electron chi connectivity index (χ1n) is 10.4. The largest absolute Gasteiger partial charge is 0.339 e. The molecule has 1 N–H and O–H groups in total. The Morgan fingerprint density at radius 2 is 1.77 bits per heavy atom. The maximum atomic E-state index is 12.8. The lowest BCUT2D eigenvalue weighted by Gasteiger charge is -2.07. The Hall–Kier alpha value is -3.74. The Labute approximate surface area is 180 Å². The Morgan fingerprint density at radius 1 is 1.06 bits per heavy atom. The van der Waals surface area contributed by atoms with Gasteiger partial charge in [0, 0.05) is 23.4 Å².